The Balaban J connectivity index is 2.20. The highest BCUT2D eigenvalue weighted by Gasteiger charge is 2.25. The zero-order valence-electron chi connectivity index (χ0n) is 12.1. The fraction of sp³-hybridized carbons (Fsp3) is 0.600. The molecule has 1 aromatic carbocycles. The molecular formula is C15H24ClN3. The molecule has 3 nitrogen and oxygen atoms in total. The molecule has 0 radical (unpaired) electrons. The van der Waals surface area contributed by atoms with Crippen molar-refractivity contribution in [1.82, 2.24) is 4.90 Å². The lowest BCUT2D eigenvalue weighted by atomic mass is 10.0. The largest absolute Gasteiger partial charge is 0.370 e. The van der Waals surface area contributed by atoms with Crippen LogP contribution in [-0.4, -0.2) is 44.2 Å². The fourth-order valence-electron chi connectivity index (χ4n) is 2.76. The van der Waals surface area contributed by atoms with E-state index in [1.165, 1.54) is 17.7 Å². The summed E-state index contributed by atoms with van der Waals surface area (Å²) in [6.45, 7) is 4.23. The zero-order chi connectivity index (χ0) is 14.0. The van der Waals surface area contributed by atoms with Gasteiger partial charge >= 0.3 is 0 Å². The molecule has 4 heteroatoms. The van der Waals surface area contributed by atoms with Crippen molar-refractivity contribution in [3.05, 3.63) is 28.8 Å². The van der Waals surface area contributed by atoms with E-state index in [9.17, 15) is 0 Å². The zero-order valence-corrected chi connectivity index (χ0v) is 12.8. The molecule has 0 bridgehead atoms. The Morgan fingerprint density at radius 1 is 1.47 bits per heavy atom. The lowest BCUT2D eigenvalue weighted by molar-refractivity contribution is 0.315. The van der Waals surface area contributed by atoms with Crippen LogP contribution in [0.25, 0.3) is 0 Å². The average molecular weight is 282 g/mol. The summed E-state index contributed by atoms with van der Waals surface area (Å²) in [5.41, 5.74) is 8.51. The molecule has 1 aliphatic heterocycles. The number of benzene rings is 1. The van der Waals surface area contributed by atoms with E-state index in [0.717, 1.165) is 24.5 Å². The van der Waals surface area contributed by atoms with Gasteiger partial charge < -0.3 is 15.5 Å². The molecule has 1 aromatic rings. The lowest BCUT2D eigenvalue weighted by Gasteiger charge is -2.24. The van der Waals surface area contributed by atoms with Crippen molar-refractivity contribution in [3.63, 3.8) is 0 Å². The van der Waals surface area contributed by atoms with Gasteiger partial charge in [-0.2, -0.15) is 0 Å². The first-order valence-electron chi connectivity index (χ1n) is 6.92. The van der Waals surface area contributed by atoms with Gasteiger partial charge in [0.25, 0.3) is 0 Å². The Morgan fingerprint density at radius 2 is 2.21 bits per heavy atom. The van der Waals surface area contributed by atoms with Gasteiger partial charge in [0.15, 0.2) is 0 Å². The first-order valence-corrected chi connectivity index (χ1v) is 7.30. The van der Waals surface area contributed by atoms with Crippen LogP contribution in [0.3, 0.4) is 0 Å². The van der Waals surface area contributed by atoms with Crippen LogP contribution in [0.1, 0.15) is 18.9 Å². The Bertz CT molecular complexity index is 431. The Kier molecular flexibility index (Phi) is 4.71. The minimum Gasteiger partial charge on any atom is -0.370 e. The normalized spacial score (nSPS) is 21.2. The molecule has 19 heavy (non-hydrogen) atoms. The number of likely N-dealkylation sites (N-methyl/N-ethyl adjacent to an activating group) is 1. The number of halogens is 1. The summed E-state index contributed by atoms with van der Waals surface area (Å²) in [5, 5.41) is 0.794. The van der Waals surface area contributed by atoms with Crippen molar-refractivity contribution >= 4 is 17.3 Å². The van der Waals surface area contributed by atoms with E-state index < -0.39 is 0 Å². The SMILES string of the molecule is CC(N)Cc1cc(Cl)ccc1N1CCC(N(C)C)C1. The van der Waals surface area contributed by atoms with Gasteiger partial charge in [0, 0.05) is 35.9 Å². The van der Waals surface area contributed by atoms with Crippen LogP contribution < -0.4 is 10.6 Å². The third kappa shape index (κ3) is 3.62. The number of nitrogens with zero attached hydrogens (tertiary/aromatic N) is 2. The van der Waals surface area contributed by atoms with Crippen LogP contribution in [0, 0.1) is 0 Å². The molecule has 2 atom stereocenters. The van der Waals surface area contributed by atoms with Crippen molar-refractivity contribution in [2.24, 2.45) is 5.73 Å². The smallest absolute Gasteiger partial charge is 0.0410 e. The van der Waals surface area contributed by atoms with Gasteiger partial charge in [-0.1, -0.05) is 11.6 Å². The maximum Gasteiger partial charge on any atom is 0.0410 e. The van der Waals surface area contributed by atoms with Crippen LogP contribution in [0.5, 0.6) is 0 Å². The third-order valence-electron chi connectivity index (χ3n) is 3.82. The van der Waals surface area contributed by atoms with Crippen molar-refractivity contribution in [2.75, 3.05) is 32.1 Å². The molecule has 0 aliphatic carbocycles. The van der Waals surface area contributed by atoms with E-state index in [0.29, 0.717) is 6.04 Å². The molecule has 1 saturated heterocycles. The predicted molar refractivity (Wildman–Crippen MR) is 83.1 cm³/mol. The molecular weight excluding hydrogens is 258 g/mol. The van der Waals surface area contributed by atoms with Crippen molar-refractivity contribution in [1.29, 1.82) is 0 Å². The van der Waals surface area contributed by atoms with Gasteiger partial charge in [0.05, 0.1) is 0 Å². The number of anilines is 1. The average Bonchev–Trinajstić information content (AvgIpc) is 2.77. The van der Waals surface area contributed by atoms with Crippen LogP contribution in [0.15, 0.2) is 18.2 Å². The van der Waals surface area contributed by atoms with Gasteiger partial charge in [-0.15, -0.1) is 0 Å². The molecule has 1 heterocycles. The maximum absolute atomic E-state index is 6.12. The summed E-state index contributed by atoms with van der Waals surface area (Å²) in [4.78, 5) is 4.76. The van der Waals surface area contributed by atoms with Crippen molar-refractivity contribution in [3.8, 4) is 0 Å². The van der Waals surface area contributed by atoms with Crippen LogP contribution in [0.4, 0.5) is 5.69 Å². The topological polar surface area (TPSA) is 32.5 Å². The number of rotatable bonds is 4. The predicted octanol–water partition coefficient (Wildman–Crippen LogP) is 2.37. The van der Waals surface area contributed by atoms with Crippen molar-refractivity contribution in [2.45, 2.75) is 31.8 Å². The molecule has 1 fully saturated rings. The minimum absolute atomic E-state index is 0.157. The van der Waals surface area contributed by atoms with Gasteiger partial charge in [0.1, 0.15) is 0 Å². The summed E-state index contributed by atoms with van der Waals surface area (Å²) in [6.07, 6.45) is 2.09. The molecule has 2 N–H and O–H groups in total. The molecule has 2 rings (SSSR count). The minimum atomic E-state index is 0.157. The van der Waals surface area contributed by atoms with Crippen LogP contribution >= 0.6 is 11.6 Å². The maximum atomic E-state index is 6.12. The van der Waals surface area contributed by atoms with Gasteiger partial charge in [-0.25, -0.2) is 0 Å². The van der Waals surface area contributed by atoms with Gasteiger partial charge in [-0.3, -0.25) is 0 Å². The highest BCUT2D eigenvalue weighted by molar-refractivity contribution is 6.30. The molecule has 106 valence electrons. The third-order valence-corrected chi connectivity index (χ3v) is 4.05. The molecule has 0 spiro atoms. The van der Waals surface area contributed by atoms with Gasteiger partial charge in [-0.05, 0) is 57.6 Å². The summed E-state index contributed by atoms with van der Waals surface area (Å²) in [7, 11) is 4.30. The Hall–Kier alpha value is -0.770. The highest BCUT2D eigenvalue weighted by Crippen LogP contribution is 2.29. The van der Waals surface area contributed by atoms with Gasteiger partial charge in [0.2, 0.25) is 0 Å². The highest BCUT2D eigenvalue weighted by atomic mass is 35.5. The first-order chi connectivity index (χ1) is 8.97. The summed E-state index contributed by atoms with van der Waals surface area (Å²) >= 11 is 6.12. The number of hydrogen-bond donors (Lipinski definition) is 1. The number of hydrogen-bond acceptors (Lipinski definition) is 3. The second kappa shape index (κ2) is 6.12. The second-order valence-electron chi connectivity index (χ2n) is 5.81. The van der Waals surface area contributed by atoms with Crippen LogP contribution in [0.2, 0.25) is 5.02 Å². The molecule has 1 aliphatic rings. The van der Waals surface area contributed by atoms with E-state index >= 15 is 0 Å². The van der Waals surface area contributed by atoms with E-state index in [-0.39, 0.29) is 6.04 Å². The number of nitrogens with two attached hydrogens (primary N) is 1. The molecule has 0 aromatic heterocycles. The fourth-order valence-corrected chi connectivity index (χ4v) is 2.95. The molecule has 0 saturated carbocycles. The Morgan fingerprint density at radius 3 is 2.79 bits per heavy atom. The van der Waals surface area contributed by atoms with Crippen LogP contribution in [-0.2, 0) is 6.42 Å². The quantitative estimate of drug-likeness (QED) is 0.920. The Labute approximate surface area is 121 Å². The lowest BCUT2D eigenvalue weighted by Crippen LogP contribution is -2.32. The summed E-state index contributed by atoms with van der Waals surface area (Å²) in [5.74, 6) is 0. The first kappa shape index (κ1) is 14.6. The standard InChI is InChI=1S/C15H24ClN3/c1-11(17)8-12-9-13(16)4-5-15(12)19-7-6-14(10-19)18(2)3/h4-5,9,11,14H,6-8,10,17H2,1-3H3. The molecule has 2 unspecified atom stereocenters. The summed E-state index contributed by atoms with van der Waals surface area (Å²) < 4.78 is 0. The second-order valence-corrected chi connectivity index (χ2v) is 6.24. The van der Waals surface area contributed by atoms with E-state index in [4.69, 9.17) is 17.3 Å². The van der Waals surface area contributed by atoms with E-state index in [1.54, 1.807) is 0 Å². The molecule has 0 amide bonds. The summed E-state index contributed by atoms with van der Waals surface area (Å²) in [6, 6.07) is 6.97. The van der Waals surface area contributed by atoms with E-state index in [2.05, 4.69) is 36.0 Å². The monoisotopic (exact) mass is 281 g/mol. The van der Waals surface area contributed by atoms with E-state index in [1.807, 2.05) is 13.0 Å². The van der Waals surface area contributed by atoms with Crippen molar-refractivity contribution < 1.29 is 0 Å².